The highest BCUT2D eigenvalue weighted by atomic mass is 16.4. The van der Waals surface area contributed by atoms with E-state index in [-0.39, 0.29) is 5.78 Å². The predicted molar refractivity (Wildman–Crippen MR) is 43.4 cm³/mol. The van der Waals surface area contributed by atoms with Crippen molar-refractivity contribution in [2.24, 2.45) is 0 Å². The molecule has 0 spiro atoms. The van der Waals surface area contributed by atoms with E-state index in [0.29, 0.717) is 6.42 Å². The Morgan fingerprint density at radius 1 is 1.17 bits per heavy atom. The summed E-state index contributed by atoms with van der Waals surface area (Å²) in [6.07, 6.45) is 4.00. The molecule has 3 heteroatoms. The number of carboxylic acids is 1. The third-order valence-corrected chi connectivity index (χ3v) is 1.65. The van der Waals surface area contributed by atoms with Crippen LogP contribution in [-0.2, 0) is 9.59 Å². The fourth-order valence-corrected chi connectivity index (χ4v) is 0.998. The van der Waals surface area contributed by atoms with Gasteiger partial charge in [0.05, 0.1) is 0 Å². The maximum absolute atomic E-state index is 10.8. The number of carboxylic acid groups (broad SMARTS) is 1. The Balaban J connectivity index is 3.26. The van der Waals surface area contributed by atoms with Gasteiger partial charge in [-0.05, 0) is 6.42 Å². The second-order valence-electron chi connectivity index (χ2n) is 2.90. The standard InChI is InChI=1S/C9H16O3/c1-2-3-4-5-6-8(10)7-9(11)12/h2-7H2,1H3,(H,11,12)/p-1. The van der Waals surface area contributed by atoms with Crippen LogP contribution in [0.1, 0.15) is 45.4 Å². The van der Waals surface area contributed by atoms with Gasteiger partial charge in [0.2, 0.25) is 0 Å². The van der Waals surface area contributed by atoms with Crippen LogP contribution in [0.2, 0.25) is 0 Å². The zero-order chi connectivity index (χ0) is 9.40. The van der Waals surface area contributed by atoms with Crippen molar-refractivity contribution in [3.63, 3.8) is 0 Å². The van der Waals surface area contributed by atoms with Crippen LogP contribution in [0.4, 0.5) is 0 Å². The molecule has 70 valence electrons. The molecule has 0 aliphatic carbocycles. The third kappa shape index (κ3) is 7.25. The number of carbonyl (C=O) groups excluding carboxylic acids is 2. The zero-order valence-electron chi connectivity index (χ0n) is 7.47. The fourth-order valence-electron chi connectivity index (χ4n) is 0.998. The van der Waals surface area contributed by atoms with Crippen molar-refractivity contribution >= 4 is 11.8 Å². The molecule has 0 aliphatic rings. The van der Waals surface area contributed by atoms with Gasteiger partial charge in [-0.2, -0.15) is 0 Å². The first-order valence-electron chi connectivity index (χ1n) is 4.38. The first-order valence-corrected chi connectivity index (χ1v) is 4.38. The molecule has 0 aromatic rings. The Labute approximate surface area is 72.8 Å². The van der Waals surface area contributed by atoms with Gasteiger partial charge in [-0.1, -0.05) is 26.2 Å². The van der Waals surface area contributed by atoms with Gasteiger partial charge in [0.1, 0.15) is 5.78 Å². The largest absolute Gasteiger partial charge is 0.550 e. The number of unbranched alkanes of at least 4 members (excludes halogenated alkanes) is 3. The van der Waals surface area contributed by atoms with Crippen molar-refractivity contribution < 1.29 is 14.7 Å². The molecular weight excluding hydrogens is 156 g/mol. The lowest BCUT2D eigenvalue weighted by molar-refractivity contribution is -0.304. The van der Waals surface area contributed by atoms with E-state index in [9.17, 15) is 14.7 Å². The Kier molecular flexibility index (Phi) is 6.34. The molecule has 0 N–H and O–H groups in total. The molecule has 0 bridgehead atoms. The molecule has 0 saturated carbocycles. The van der Waals surface area contributed by atoms with Crippen molar-refractivity contribution in [2.45, 2.75) is 45.4 Å². The summed E-state index contributed by atoms with van der Waals surface area (Å²) >= 11 is 0. The summed E-state index contributed by atoms with van der Waals surface area (Å²) in [4.78, 5) is 20.8. The van der Waals surface area contributed by atoms with Crippen molar-refractivity contribution in [3.8, 4) is 0 Å². The van der Waals surface area contributed by atoms with E-state index >= 15 is 0 Å². The molecule has 0 aliphatic heterocycles. The number of carbonyl (C=O) groups is 2. The van der Waals surface area contributed by atoms with Crippen LogP contribution in [0.3, 0.4) is 0 Å². The quantitative estimate of drug-likeness (QED) is 0.418. The molecule has 0 amide bonds. The Hall–Kier alpha value is -0.860. The maximum Gasteiger partial charge on any atom is 0.138 e. The average molecular weight is 171 g/mol. The first kappa shape index (κ1) is 11.1. The summed E-state index contributed by atoms with van der Waals surface area (Å²) < 4.78 is 0. The van der Waals surface area contributed by atoms with Crippen molar-refractivity contribution in [2.75, 3.05) is 0 Å². The number of hydrogen-bond donors (Lipinski definition) is 0. The zero-order valence-corrected chi connectivity index (χ0v) is 7.47. The first-order chi connectivity index (χ1) is 5.66. The van der Waals surface area contributed by atoms with Crippen molar-refractivity contribution in [1.82, 2.24) is 0 Å². The van der Waals surface area contributed by atoms with Crippen LogP contribution in [0, 0.1) is 0 Å². The summed E-state index contributed by atoms with van der Waals surface area (Å²) in [5.41, 5.74) is 0. The lowest BCUT2D eigenvalue weighted by atomic mass is 10.1. The van der Waals surface area contributed by atoms with Gasteiger partial charge in [-0.25, -0.2) is 0 Å². The Bertz CT molecular complexity index is 152. The molecule has 0 rings (SSSR count). The number of hydrogen-bond acceptors (Lipinski definition) is 3. The highest BCUT2D eigenvalue weighted by Crippen LogP contribution is 2.03. The predicted octanol–water partition coefficient (Wildman–Crippen LogP) is 0.666. The second kappa shape index (κ2) is 6.83. The van der Waals surface area contributed by atoms with Crippen molar-refractivity contribution in [1.29, 1.82) is 0 Å². The van der Waals surface area contributed by atoms with Crippen LogP contribution in [0.5, 0.6) is 0 Å². The van der Waals surface area contributed by atoms with Gasteiger partial charge < -0.3 is 9.90 Å². The van der Waals surface area contributed by atoms with Gasteiger partial charge in [0.25, 0.3) is 0 Å². The van der Waals surface area contributed by atoms with E-state index in [1.54, 1.807) is 0 Å². The SMILES string of the molecule is CCCCCCC(=O)CC(=O)[O-]. The Morgan fingerprint density at radius 2 is 1.83 bits per heavy atom. The minimum absolute atomic E-state index is 0.217. The molecular formula is C9H15O3-. The maximum atomic E-state index is 10.8. The van der Waals surface area contributed by atoms with E-state index in [0.717, 1.165) is 25.7 Å². The molecule has 0 saturated heterocycles. The monoisotopic (exact) mass is 171 g/mol. The number of rotatable bonds is 7. The minimum atomic E-state index is -1.27. The molecule has 3 nitrogen and oxygen atoms in total. The normalized spacial score (nSPS) is 9.75. The molecule has 0 aromatic heterocycles. The lowest BCUT2D eigenvalue weighted by Crippen LogP contribution is -2.25. The van der Waals surface area contributed by atoms with E-state index in [1.165, 1.54) is 0 Å². The van der Waals surface area contributed by atoms with Gasteiger partial charge >= 0.3 is 0 Å². The summed E-state index contributed by atoms with van der Waals surface area (Å²) in [5.74, 6) is -1.48. The summed E-state index contributed by atoms with van der Waals surface area (Å²) in [6, 6.07) is 0. The van der Waals surface area contributed by atoms with E-state index in [1.807, 2.05) is 0 Å². The summed E-state index contributed by atoms with van der Waals surface area (Å²) in [7, 11) is 0. The smallest absolute Gasteiger partial charge is 0.138 e. The molecule has 0 radical (unpaired) electrons. The third-order valence-electron chi connectivity index (χ3n) is 1.65. The highest BCUT2D eigenvalue weighted by Gasteiger charge is 2.00. The van der Waals surface area contributed by atoms with E-state index in [4.69, 9.17) is 0 Å². The molecule has 12 heavy (non-hydrogen) atoms. The van der Waals surface area contributed by atoms with Gasteiger partial charge in [0.15, 0.2) is 0 Å². The van der Waals surface area contributed by atoms with Crippen LogP contribution in [0.25, 0.3) is 0 Å². The van der Waals surface area contributed by atoms with Gasteiger partial charge in [0, 0.05) is 18.8 Å². The average Bonchev–Trinajstić information content (AvgIpc) is 1.97. The van der Waals surface area contributed by atoms with E-state index in [2.05, 4.69) is 6.92 Å². The molecule has 0 heterocycles. The molecule has 0 atom stereocenters. The lowest BCUT2D eigenvalue weighted by Gasteiger charge is -2.00. The number of ketones is 1. The second-order valence-corrected chi connectivity index (χ2v) is 2.90. The van der Waals surface area contributed by atoms with Crippen molar-refractivity contribution in [3.05, 3.63) is 0 Å². The number of Topliss-reactive ketones (excluding diaryl/α,β-unsaturated/α-hetero) is 1. The van der Waals surface area contributed by atoms with Gasteiger partial charge in [-0.15, -0.1) is 0 Å². The minimum Gasteiger partial charge on any atom is -0.550 e. The van der Waals surface area contributed by atoms with Crippen LogP contribution < -0.4 is 5.11 Å². The van der Waals surface area contributed by atoms with Crippen LogP contribution in [-0.4, -0.2) is 11.8 Å². The van der Waals surface area contributed by atoms with Crippen LogP contribution >= 0.6 is 0 Å². The number of aliphatic carboxylic acids is 1. The molecule has 0 unspecified atom stereocenters. The topological polar surface area (TPSA) is 57.2 Å². The van der Waals surface area contributed by atoms with E-state index < -0.39 is 12.4 Å². The summed E-state index contributed by atoms with van der Waals surface area (Å²) in [6.45, 7) is 2.09. The Morgan fingerprint density at radius 3 is 2.33 bits per heavy atom. The summed E-state index contributed by atoms with van der Waals surface area (Å²) in [5, 5.41) is 9.97. The molecule has 0 fully saturated rings. The molecule has 0 aromatic carbocycles. The highest BCUT2D eigenvalue weighted by molar-refractivity contribution is 5.93. The fraction of sp³-hybridized carbons (Fsp3) is 0.778. The van der Waals surface area contributed by atoms with Crippen LogP contribution in [0.15, 0.2) is 0 Å². The van der Waals surface area contributed by atoms with Gasteiger partial charge in [-0.3, -0.25) is 4.79 Å².